The highest BCUT2D eigenvalue weighted by atomic mass is 35.5. The third-order valence-corrected chi connectivity index (χ3v) is 1.75. The highest BCUT2D eigenvalue weighted by molar-refractivity contribution is 6.32. The van der Waals surface area contributed by atoms with Gasteiger partial charge in [-0.2, -0.15) is 0 Å². The van der Waals surface area contributed by atoms with Gasteiger partial charge in [0.25, 0.3) is 0 Å². The van der Waals surface area contributed by atoms with Gasteiger partial charge >= 0.3 is 0 Å². The van der Waals surface area contributed by atoms with Gasteiger partial charge in [0, 0.05) is 6.07 Å². The molecule has 1 aromatic rings. The van der Waals surface area contributed by atoms with Crippen LogP contribution in [-0.4, -0.2) is 6.61 Å². The number of terminal acetylenes is 1. The molecule has 82 valence electrons. The summed E-state index contributed by atoms with van der Waals surface area (Å²) in [5, 5.41) is 0.421. The minimum atomic E-state index is 0. The number of benzene rings is 1. The standard InChI is InChI=1S/C9H8ClFN2O.ClH/c1-2-5-14-9-6-7(12-13-11)3-4-8(9)10;/h1,3-4,6,12-13H,5H2;1H. The first-order valence-electron chi connectivity index (χ1n) is 3.75. The fraction of sp³-hybridized carbons (Fsp3) is 0.111. The molecule has 0 atom stereocenters. The van der Waals surface area contributed by atoms with Crippen molar-refractivity contribution in [2.75, 3.05) is 12.0 Å². The van der Waals surface area contributed by atoms with E-state index in [2.05, 4.69) is 11.3 Å². The summed E-state index contributed by atoms with van der Waals surface area (Å²) in [6.07, 6.45) is 5.02. The fourth-order valence-electron chi connectivity index (χ4n) is 0.866. The lowest BCUT2D eigenvalue weighted by atomic mass is 10.3. The van der Waals surface area contributed by atoms with Crippen LogP contribution < -0.4 is 15.8 Å². The molecule has 0 unspecified atom stereocenters. The first-order valence-corrected chi connectivity index (χ1v) is 4.13. The lowest BCUT2D eigenvalue weighted by molar-refractivity contribution is 0.368. The van der Waals surface area contributed by atoms with Crippen LogP contribution in [0.1, 0.15) is 0 Å². The maximum Gasteiger partial charge on any atom is 0.148 e. The summed E-state index contributed by atoms with van der Waals surface area (Å²) in [5.41, 5.74) is 4.03. The molecular formula is C9H9Cl2FN2O. The van der Waals surface area contributed by atoms with Crippen LogP contribution in [0.4, 0.5) is 10.2 Å². The van der Waals surface area contributed by atoms with Crippen molar-refractivity contribution in [1.82, 2.24) is 5.65 Å². The maximum absolute atomic E-state index is 11.7. The van der Waals surface area contributed by atoms with Gasteiger partial charge in [0.2, 0.25) is 0 Å². The van der Waals surface area contributed by atoms with Crippen molar-refractivity contribution in [1.29, 1.82) is 0 Å². The van der Waals surface area contributed by atoms with E-state index in [1.54, 1.807) is 12.1 Å². The summed E-state index contributed by atoms with van der Waals surface area (Å²) in [5.74, 6) is 2.71. The minimum absolute atomic E-state index is 0. The van der Waals surface area contributed by atoms with Crippen LogP contribution >= 0.6 is 24.0 Å². The van der Waals surface area contributed by atoms with Crippen LogP contribution in [0.25, 0.3) is 0 Å². The van der Waals surface area contributed by atoms with E-state index in [1.165, 1.54) is 11.7 Å². The van der Waals surface area contributed by atoms with Crippen LogP contribution in [0.3, 0.4) is 0 Å². The van der Waals surface area contributed by atoms with E-state index in [-0.39, 0.29) is 19.0 Å². The van der Waals surface area contributed by atoms with E-state index in [1.807, 2.05) is 0 Å². The van der Waals surface area contributed by atoms with Gasteiger partial charge in [0.05, 0.1) is 10.7 Å². The van der Waals surface area contributed by atoms with Crippen molar-refractivity contribution in [3.05, 3.63) is 23.2 Å². The van der Waals surface area contributed by atoms with Gasteiger partial charge in [-0.25, -0.2) is 0 Å². The SMILES string of the molecule is C#CCOc1cc(NNF)ccc1Cl.Cl. The molecule has 0 saturated carbocycles. The Morgan fingerprint density at radius 3 is 2.87 bits per heavy atom. The Bertz CT molecular complexity index is 354. The normalized spacial score (nSPS) is 8.60. The third-order valence-electron chi connectivity index (χ3n) is 1.43. The topological polar surface area (TPSA) is 33.3 Å². The van der Waals surface area contributed by atoms with Gasteiger partial charge in [0.15, 0.2) is 0 Å². The second kappa shape index (κ2) is 7.18. The largest absolute Gasteiger partial charge is 0.479 e. The molecule has 0 radical (unpaired) electrons. The molecular weight excluding hydrogens is 242 g/mol. The van der Waals surface area contributed by atoms with E-state index in [4.69, 9.17) is 22.8 Å². The van der Waals surface area contributed by atoms with E-state index < -0.39 is 0 Å². The summed E-state index contributed by atoms with van der Waals surface area (Å²) in [6, 6.07) is 4.71. The zero-order valence-electron chi connectivity index (χ0n) is 7.59. The summed E-state index contributed by atoms with van der Waals surface area (Å²) in [6.45, 7) is 0.117. The molecule has 2 N–H and O–H groups in total. The fourth-order valence-corrected chi connectivity index (χ4v) is 1.04. The van der Waals surface area contributed by atoms with Crippen molar-refractivity contribution < 1.29 is 9.22 Å². The Morgan fingerprint density at radius 2 is 2.27 bits per heavy atom. The quantitative estimate of drug-likeness (QED) is 0.490. The molecule has 3 nitrogen and oxygen atoms in total. The monoisotopic (exact) mass is 250 g/mol. The Labute approximate surface area is 98.3 Å². The summed E-state index contributed by atoms with van der Waals surface area (Å²) < 4.78 is 16.8. The van der Waals surface area contributed by atoms with Crippen LogP contribution in [0.2, 0.25) is 5.02 Å². The molecule has 15 heavy (non-hydrogen) atoms. The average molecular weight is 251 g/mol. The first-order chi connectivity index (χ1) is 6.77. The molecule has 0 aromatic heterocycles. The third kappa shape index (κ3) is 4.26. The number of nitrogens with one attached hydrogen (secondary N) is 2. The summed E-state index contributed by atoms with van der Waals surface area (Å²) in [7, 11) is 0. The van der Waals surface area contributed by atoms with E-state index in [0.29, 0.717) is 16.5 Å². The predicted molar refractivity (Wildman–Crippen MR) is 60.9 cm³/mol. The van der Waals surface area contributed by atoms with Gasteiger partial charge in [-0.3, -0.25) is 5.43 Å². The molecule has 1 aromatic carbocycles. The molecule has 1 rings (SSSR count). The van der Waals surface area contributed by atoms with Crippen molar-refractivity contribution in [2.24, 2.45) is 0 Å². The Balaban J connectivity index is 0.00000196. The smallest absolute Gasteiger partial charge is 0.148 e. The Morgan fingerprint density at radius 1 is 1.53 bits per heavy atom. The molecule has 0 bridgehead atoms. The number of rotatable bonds is 4. The van der Waals surface area contributed by atoms with Gasteiger partial charge in [-0.15, -0.1) is 23.3 Å². The number of halogens is 3. The molecule has 0 amide bonds. The zero-order valence-corrected chi connectivity index (χ0v) is 9.16. The van der Waals surface area contributed by atoms with Crippen molar-refractivity contribution in [2.45, 2.75) is 0 Å². The molecule has 0 aliphatic heterocycles. The molecule has 0 fully saturated rings. The maximum atomic E-state index is 11.7. The minimum Gasteiger partial charge on any atom is -0.479 e. The van der Waals surface area contributed by atoms with Crippen LogP contribution in [0.5, 0.6) is 5.75 Å². The van der Waals surface area contributed by atoms with E-state index >= 15 is 0 Å². The average Bonchev–Trinajstić information content (AvgIpc) is 2.19. The lowest BCUT2D eigenvalue weighted by Gasteiger charge is -2.07. The summed E-state index contributed by atoms with van der Waals surface area (Å²) >= 11 is 5.80. The molecule has 0 aliphatic carbocycles. The van der Waals surface area contributed by atoms with E-state index in [9.17, 15) is 4.48 Å². The molecule has 0 heterocycles. The number of hydrogen-bond donors (Lipinski definition) is 2. The second-order valence-corrected chi connectivity index (χ2v) is 2.76. The van der Waals surface area contributed by atoms with Crippen LogP contribution in [0, 0.1) is 12.3 Å². The number of anilines is 1. The van der Waals surface area contributed by atoms with Gasteiger partial charge in [-0.1, -0.05) is 23.2 Å². The highest BCUT2D eigenvalue weighted by Crippen LogP contribution is 2.27. The Kier molecular flexibility index (Phi) is 6.63. The van der Waals surface area contributed by atoms with Gasteiger partial charge < -0.3 is 4.74 Å². The predicted octanol–water partition coefficient (Wildman–Crippen LogP) is 2.57. The highest BCUT2D eigenvalue weighted by Gasteiger charge is 2.02. The van der Waals surface area contributed by atoms with Crippen LogP contribution in [-0.2, 0) is 0 Å². The van der Waals surface area contributed by atoms with Gasteiger partial charge in [0.1, 0.15) is 12.4 Å². The zero-order chi connectivity index (χ0) is 10.4. The molecule has 6 heteroatoms. The first kappa shape index (κ1) is 13.8. The second-order valence-electron chi connectivity index (χ2n) is 2.36. The van der Waals surface area contributed by atoms with Crippen LogP contribution in [0.15, 0.2) is 18.2 Å². The van der Waals surface area contributed by atoms with Crippen molar-refractivity contribution >= 4 is 29.7 Å². The molecule has 0 spiro atoms. The number of hydrazine groups is 1. The number of hydrogen-bond acceptors (Lipinski definition) is 3. The molecule has 0 aliphatic rings. The summed E-state index contributed by atoms with van der Waals surface area (Å²) in [4.78, 5) is 0. The number of ether oxygens (including phenoxy) is 1. The van der Waals surface area contributed by atoms with Gasteiger partial charge in [-0.05, 0) is 12.1 Å². The van der Waals surface area contributed by atoms with Crippen molar-refractivity contribution in [3.8, 4) is 18.1 Å². The van der Waals surface area contributed by atoms with Crippen molar-refractivity contribution in [3.63, 3.8) is 0 Å². The Hall–Kier alpha value is -1.15. The van der Waals surface area contributed by atoms with E-state index in [0.717, 1.165) is 0 Å². The molecule has 0 saturated heterocycles. The lowest BCUT2D eigenvalue weighted by Crippen LogP contribution is -2.09.